The summed E-state index contributed by atoms with van der Waals surface area (Å²) in [7, 11) is 0. The summed E-state index contributed by atoms with van der Waals surface area (Å²) in [5.41, 5.74) is 0.730. The molecule has 174 valence electrons. The third kappa shape index (κ3) is 4.80. The van der Waals surface area contributed by atoms with Gasteiger partial charge in [0.05, 0.1) is 5.69 Å². The van der Waals surface area contributed by atoms with Crippen LogP contribution in [0, 0.1) is 5.92 Å². The van der Waals surface area contributed by atoms with E-state index in [1.165, 1.54) is 11.3 Å². The van der Waals surface area contributed by atoms with Gasteiger partial charge in [-0.25, -0.2) is 9.78 Å². The molecule has 0 unspecified atom stereocenters. The van der Waals surface area contributed by atoms with Gasteiger partial charge in [0.25, 0.3) is 5.56 Å². The zero-order chi connectivity index (χ0) is 22.7. The van der Waals surface area contributed by atoms with Gasteiger partial charge in [-0.15, -0.1) is 11.3 Å². The monoisotopic (exact) mass is 460 g/mol. The molecule has 10 heteroatoms. The molecule has 0 aliphatic carbocycles. The van der Waals surface area contributed by atoms with E-state index in [1.807, 2.05) is 33.9 Å². The second-order valence-electron chi connectivity index (χ2n) is 8.46. The van der Waals surface area contributed by atoms with Crippen LogP contribution in [0.25, 0.3) is 4.96 Å². The molecule has 3 amide bonds. The Balaban J connectivity index is 1.26. The Hall–Kier alpha value is -2.46. The van der Waals surface area contributed by atoms with Crippen molar-refractivity contribution >= 4 is 28.2 Å². The summed E-state index contributed by atoms with van der Waals surface area (Å²) in [6.07, 6.45) is 3.22. The molecule has 0 radical (unpaired) electrons. The van der Waals surface area contributed by atoms with Gasteiger partial charge < -0.3 is 14.7 Å². The van der Waals surface area contributed by atoms with Crippen LogP contribution in [0.5, 0.6) is 0 Å². The number of piperidine rings is 1. The van der Waals surface area contributed by atoms with Gasteiger partial charge in [0, 0.05) is 82.5 Å². The van der Waals surface area contributed by atoms with E-state index in [0.717, 1.165) is 31.6 Å². The fourth-order valence-electron chi connectivity index (χ4n) is 4.59. The van der Waals surface area contributed by atoms with Gasteiger partial charge in [0.2, 0.25) is 5.91 Å². The number of amides is 3. The van der Waals surface area contributed by atoms with Crippen molar-refractivity contribution in [3.8, 4) is 0 Å². The summed E-state index contributed by atoms with van der Waals surface area (Å²) < 4.78 is 1.56. The maximum atomic E-state index is 13.0. The minimum absolute atomic E-state index is 0.00486. The molecule has 0 aromatic carbocycles. The third-order valence-electron chi connectivity index (χ3n) is 6.57. The van der Waals surface area contributed by atoms with Crippen LogP contribution in [0.2, 0.25) is 0 Å². The first-order valence-corrected chi connectivity index (χ1v) is 12.4. The van der Waals surface area contributed by atoms with Crippen molar-refractivity contribution in [3.63, 3.8) is 0 Å². The van der Waals surface area contributed by atoms with Gasteiger partial charge >= 0.3 is 6.03 Å². The zero-order valence-electron chi connectivity index (χ0n) is 18.9. The van der Waals surface area contributed by atoms with E-state index in [-0.39, 0.29) is 23.4 Å². The highest BCUT2D eigenvalue weighted by Gasteiger charge is 2.32. The number of aromatic nitrogens is 2. The smallest absolute Gasteiger partial charge is 0.319 e. The van der Waals surface area contributed by atoms with E-state index >= 15 is 0 Å². The van der Waals surface area contributed by atoms with Gasteiger partial charge in [-0.2, -0.15) is 0 Å². The Kier molecular flexibility index (Phi) is 7.10. The van der Waals surface area contributed by atoms with Crippen molar-refractivity contribution in [2.24, 2.45) is 5.92 Å². The topological polar surface area (TPSA) is 81.5 Å². The van der Waals surface area contributed by atoms with Gasteiger partial charge in [0.1, 0.15) is 0 Å². The number of piperazine rings is 1. The van der Waals surface area contributed by atoms with Crippen molar-refractivity contribution in [3.05, 3.63) is 33.7 Å². The van der Waals surface area contributed by atoms with Gasteiger partial charge in [-0.3, -0.25) is 18.9 Å². The molecule has 2 aromatic rings. The summed E-state index contributed by atoms with van der Waals surface area (Å²) in [6.45, 7) is 10.3. The lowest BCUT2D eigenvalue weighted by Crippen LogP contribution is -2.52. The SMILES string of the molecule is CCN(CC)C(=O)N1CCC(C(=O)N2CCN(Cc3cc(=O)n4ccsc4n3)CC2)CC1. The van der Waals surface area contributed by atoms with E-state index < -0.39 is 0 Å². The van der Waals surface area contributed by atoms with Crippen molar-refractivity contribution in [2.75, 3.05) is 52.4 Å². The van der Waals surface area contributed by atoms with Crippen molar-refractivity contribution in [2.45, 2.75) is 33.2 Å². The Morgan fingerprint density at radius 3 is 2.41 bits per heavy atom. The van der Waals surface area contributed by atoms with Crippen LogP contribution in [0.1, 0.15) is 32.4 Å². The molecule has 0 spiro atoms. The standard InChI is InChI=1S/C22H32N6O3S/c1-3-25(4-2)22(31)27-7-5-17(6-8-27)20(30)26-11-9-24(10-12-26)16-18-15-19(29)28-13-14-32-21(28)23-18/h13-15,17H,3-12,16H2,1-2H3. The van der Waals surface area contributed by atoms with Gasteiger partial charge in [-0.05, 0) is 26.7 Å². The first-order chi connectivity index (χ1) is 15.5. The van der Waals surface area contributed by atoms with Crippen LogP contribution >= 0.6 is 11.3 Å². The number of hydrogen-bond acceptors (Lipinski definition) is 6. The molecule has 32 heavy (non-hydrogen) atoms. The molecule has 2 aromatic heterocycles. The quantitative estimate of drug-likeness (QED) is 0.677. The molecule has 2 aliphatic heterocycles. The van der Waals surface area contributed by atoms with Crippen LogP contribution in [-0.2, 0) is 11.3 Å². The minimum Gasteiger partial charge on any atom is -0.340 e. The second-order valence-corrected chi connectivity index (χ2v) is 9.33. The fraction of sp³-hybridized carbons (Fsp3) is 0.636. The summed E-state index contributed by atoms with van der Waals surface area (Å²) in [4.78, 5) is 51.0. The van der Waals surface area contributed by atoms with Crippen LogP contribution in [0.15, 0.2) is 22.4 Å². The average molecular weight is 461 g/mol. The molecule has 9 nitrogen and oxygen atoms in total. The number of thiazole rings is 1. The van der Waals surface area contributed by atoms with Crippen LogP contribution in [0.4, 0.5) is 4.79 Å². The molecular weight excluding hydrogens is 428 g/mol. The molecule has 2 fully saturated rings. The fourth-order valence-corrected chi connectivity index (χ4v) is 5.33. The third-order valence-corrected chi connectivity index (χ3v) is 7.33. The van der Waals surface area contributed by atoms with Crippen molar-refractivity contribution in [1.82, 2.24) is 29.0 Å². The average Bonchev–Trinajstić information content (AvgIpc) is 3.29. The van der Waals surface area contributed by atoms with E-state index in [0.29, 0.717) is 50.8 Å². The number of carbonyl (C=O) groups is 2. The Labute approximate surface area is 192 Å². The Morgan fingerprint density at radius 1 is 1.06 bits per heavy atom. The van der Waals surface area contributed by atoms with E-state index in [1.54, 1.807) is 16.7 Å². The van der Waals surface area contributed by atoms with Crippen LogP contribution in [0.3, 0.4) is 0 Å². The minimum atomic E-state index is -0.0501. The Bertz CT molecular complexity index is 1000. The lowest BCUT2D eigenvalue weighted by molar-refractivity contribution is -0.138. The molecular formula is C22H32N6O3S. The number of carbonyl (C=O) groups excluding carboxylic acids is 2. The van der Waals surface area contributed by atoms with Crippen LogP contribution in [-0.4, -0.2) is 93.3 Å². The normalized spacial score (nSPS) is 18.3. The van der Waals surface area contributed by atoms with E-state index in [9.17, 15) is 14.4 Å². The molecule has 0 atom stereocenters. The molecule has 4 heterocycles. The number of likely N-dealkylation sites (tertiary alicyclic amines) is 1. The van der Waals surface area contributed by atoms with Crippen LogP contribution < -0.4 is 5.56 Å². The molecule has 0 bridgehead atoms. The lowest BCUT2D eigenvalue weighted by Gasteiger charge is -2.39. The number of fused-ring (bicyclic) bond motifs is 1. The summed E-state index contributed by atoms with van der Waals surface area (Å²) >= 11 is 1.46. The molecule has 2 saturated heterocycles. The predicted molar refractivity (Wildman–Crippen MR) is 124 cm³/mol. The lowest BCUT2D eigenvalue weighted by atomic mass is 9.95. The molecule has 0 saturated carbocycles. The second kappa shape index (κ2) is 9.99. The number of hydrogen-bond donors (Lipinski definition) is 0. The van der Waals surface area contributed by atoms with E-state index in [2.05, 4.69) is 9.88 Å². The van der Waals surface area contributed by atoms with Crippen molar-refractivity contribution < 1.29 is 9.59 Å². The summed E-state index contributed by atoms with van der Waals surface area (Å²) in [5.74, 6) is 0.223. The highest BCUT2D eigenvalue weighted by atomic mass is 32.1. The predicted octanol–water partition coefficient (Wildman–Crippen LogP) is 1.57. The molecule has 4 rings (SSSR count). The number of rotatable bonds is 5. The summed E-state index contributed by atoms with van der Waals surface area (Å²) in [6, 6.07) is 1.69. The maximum absolute atomic E-state index is 13.0. The van der Waals surface area contributed by atoms with E-state index in [4.69, 9.17) is 0 Å². The molecule has 0 N–H and O–H groups in total. The number of urea groups is 1. The number of nitrogens with zero attached hydrogens (tertiary/aromatic N) is 6. The van der Waals surface area contributed by atoms with Gasteiger partial charge in [0.15, 0.2) is 4.96 Å². The Morgan fingerprint density at radius 2 is 1.75 bits per heavy atom. The summed E-state index contributed by atoms with van der Waals surface area (Å²) in [5, 5.41) is 1.86. The zero-order valence-corrected chi connectivity index (χ0v) is 19.7. The first kappa shape index (κ1) is 22.7. The largest absolute Gasteiger partial charge is 0.340 e. The van der Waals surface area contributed by atoms with Gasteiger partial charge in [-0.1, -0.05) is 0 Å². The highest BCUT2D eigenvalue weighted by Crippen LogP contribution is 2.22. The highest BCUT2D eigenvalue weighted by molar-refractivity contribution is 7.15. The van der Waals surface area contributed by atoms with Crippen molar-refractivity contribution in [1.29, 1.82) is 0 Å². The first-order valence-electron chi connectivity index (χ1n) is 11.5. The molecule has 2 aliphatic rings. The maximum Gasteiger partial charge on any atom is 0.319 e.